The third-order valence-electron chi connectivity index (χ3n) is 8.44. The minimum atomic E-state index is -4.94. The van der Waals surface area contributed by atoms with Crippen molar-refractivity contribution < 1.29 is 40.3 Å². The third-order valence-corrected chi connectivity index (χ3v) is 8.44. The van der Waals surface area contributed by atoms with Crippen LogP contribution in [0.2, 0.25) is 0 Å². The fourth-order valence-corrected chi connectivity index (χ4v) is 5.94. The second-order valence-electron chi connectivity index (χ2n) is 11.5. The Morgan fingerprint density at radius 3 is 2.25 bits per heavy atom. The van der Waals surface area contributed by atoms with Crippen LogP contribution < -0.4 is 21.9 Å². The summed E-state index contributed by atoms with van der Waals surface area (Å²) >= 11 is 0. The first kappa shape index (κ1) is 34.9. The third kappa shape index (κ3) is 7.19. The van der Waals surface area contributed by atoms with Gasteiger partial charge < -0.3 is 20.2 Å². The molecule has 0 amide bonds. The smallest absolute Gasteiger partial charge is 0.449 e. The molecule has 5 rings (SSSR count). The average molecular weight is 684 g/mol. The van der Waals surface area contributed by atoms with Crippen LogP contribution in [0.15, 0.2) is 74.7 Å². The van der Waals surface area contributed by atoms with Crippen molar-refractivity contribution in [2.45, 2.75) is 51.0 Å². The van der Waals surface area contributed by atoms with Crippen molar-refractivity contribution in [2.75, 3.05) is 31.1 Å². The van der Waals surface area contributed by atoms with Gasteiger partial charge in [-0.3, -0.25) is 18.8 Å². The van der Waals surface area contributed by atoms with Gasteiger partial charge in [0.25, 0.3) is 5.56 Å². The predicted molar refractivity (Wildman–Crippen MR) is 161 cm³/mol. The summed E-state index contributed by atoms with van der Waals surface area (Å²) < 4.78 is 102. The van der Waals surface area contributed by atoms with Crippen LogP contribution in [0.1, 0.15) is 39.9 Å². The first-order valence-corrected chi connectivity index (χ1v) is 14.8. The van der Waals surface area contributed by atoms with Crippen molar-refractivity contribution >= 4 is 5.69 Å². The molecule has 0 radical (unpaired) electrons. The first-order valence-electron chi connectivity index (χ1n) is 14.8. The number of alkyl halides is 6. The number of benzene rings is 2. The van der Waals surface area contributed by atoms with E-state index in [2.05, 4.69) is 0 Å². The highest BCUT2D eigenvalue weighted by Crippen LogP contribution is 2.34. The SMILES string of the molecule is Cc1c(N2CCN(Cc3ccc(C(F)(F)F)o3)C(CO)C2)c(=O)n(C[C@H](N)c2ccccc2)c(=O)n1Cc1c(F)cccc1C(F)(F)F. The Labute approximate surface area is 269 Å². The van der Waals surface area contributed by atoms with Gasteiger partial charge in [-0.15, -0.1) is 0 Å². The quantitative estimate of drug-likeness (QED) is 0.250. The minimum absolute atomic E-state index is 0.00145. The number of piperazine rings is 1. The van der Waals surface area contributed by atoms with Gasteiger partial charge >= 0.3 is 18.0 Å². The number of anilines is 1. The number of furan rings is 1. The van der Waals surface area contributed by atoms with Gasteiger partial charge in [-0.05, 0) is 36.8 Å². The highest BCUT2D eigenvalue weighted by molar-refractivity contribution is 5.50. The normalized spacial score (nSPS) is 16.8. The zero-order valence-electron chi connectivity index (χ0n) is 25.6. The van der Waals surface area contributed by atoms with E-state index >= 15 is 0 Å². The number of aromatic nitrogens is 2. The van der Waals surface area contributed by atoms with Gasteiger partial charge in [0.1, 0.15) is 17.3 Å². The highest BCUT2D eigenvalue weighted by atomic mass is 19.4. The van der Waals surface area contributed by atoms with Crippen molar-refractivity contribution in [3.05, 3.63) is 121 Å². The Balaban J connectivity index is 1.55. The second-order valence-corrected chi connectivity index (χ2v) is 11.5. The number of aliphatic hydroxyl groups excluding tert-OH is 1. The molecule has 4 aromatic rings. The molecule has 1 aliphatic rings. The topological polar surface area (TPSA) is 110 Å². The Hall–Kier alpha value is -4.41. The second kappa shape index (κ2) is 13.6. The molecule has 0 saturated carbocycles. The van der Waals surface area contributed by atoms with Crippen molar-refractivity contribution in [1.29, 1.82) is 0 Å². The average Bonchev–Trinajstić information content (AvgIpc) is 3.52. The van der Waals surface area contributed by atoms with E-state index in [0.717, 1.165) is 27.3 Å². The molecule has 1 fully saturated rings. The summed E-state index contributed by atoms with van der Waals surface area (Å²) in [6.45, 7) is -0.260. The molecule has 0 aliphatic carbocycles. The molecule has 0 bridgehead atoms. The lowest BCUT2D eigenvalue weighted by atomic mass is 10.1. The zero-order valence-corrected chi connectivity index (χ0v) is 25.6. The van der Waals surface area contributed by atoms with Gasteiger partial charge in [-0.2, -0.15) is 26.3 Å². The van der Waals surface area contributed by atoms with E-state index in [4.69, 9.17) is 10.2 Å². The van der Waals surface area contributed by atoms with E-state index in [-0.39, 0.29) is 49.9 Å². The molecular formula is C32H32F7N5O4. The molecule has 2 aromatic carbocycles. The summed E-state index contributed by atoms with van der Waals surface area (Å²) in [7, 11) is 0. The van der Waals surface area contributed by atoms with Gasteiger partial charge in [-0.1, -0.05) is 36.4 Å². The van der Waals surface area contributed by atoms with E-state index in [9.17, 15) is 45.4 Å². The summed E-state index contributed by atoms with van der Waals surface area (Å²) in [5, 5.41) is 10.2. The molecule has 3 N–H and O–H groups in total. The van der Waals surface area contributed by atoms with Crippen LogP contribution >= 0.6 is 0 Å². The van der Waals surface area contributed by atoms with Gasteiger partial charge in [0.15, 0.2) is 0 Å². The van der Waals surface area contributed by atoms with Gasteiger partial charge in [0.05, 0.1) is 37.8 Å². The number of rotatable bonds is 9. The molecule has 48 heavy (non-hydrogen) atoms. The molecule has 3 heterocycles. The van der Waals surface area contributed by atoms with Gasteiger partial charge in [0, 0.05) is 36.9 Å². The molecule has 1 aliphatic heterocycles. The maximum atomic E-state index is 15.0. The maximum Gasteiger partial charge on any atom is 0.449 e. The van der Waals surface area contributed by atoms with Crippen LogP contribution in [0, 0.1) is 12.7 Å². The number of hydrogen-bond donors (Lipinski definition) is 2. The number of aliphatic hydroxyl groups is 1. The fourth-order valence-electron chi connectivity index (χ4n) is 5.94. The van der Waals surface area contributed by atoms with Crippen LogP contribution in [0.5, 0.6) is 0 Å². The van der Waals surface area contributed by atoms with Crippen LogP contribution in [0.4, 0.5) is 36.4 Å². The lowest BCUT2D eigenvalue weighted by Gasteiger charge is -2.41. The summed E-state index contributed by atoms with van der Waals surface area (Å²) in [5.41, 5.74) is 2.93. The number of halogens is 7. The van der Waals surface area contributed by atoms with E-state index in [1.807, 2.05) is 0 Å². The summed E-state index contributed by atoms with van der Waals surface area (Å²) in [4.78, 5) is 31.1. The van der Waals surface area contributed by atoms with E-state index < -0.39 is 71.5 Å². The number of nitrogens with zero attached hydrogens (tertiary/aromatic N) is 4. The molecule has 1 unspecified atom stereocenters. The molecule has 258 valence electrons. The monoisotopic (exact) mass is 683 g/mol. The number of nitrogens with two attached hydrogens (primary N) is 1. The summed E-state index contributed by atoms with van der Waals surface area (Å²) in [5.74, 6) is -2.37. The van der Waals surface area contributed by atoms with Gasteiger partial charge in [0.2, 0.25) is 5.76 Å². The number of hydrogen-bond acceptors (Lipinski definition) is 7. The van der Waals surface area contributed by atoms with Gasteiger partial charge in [-0.25, -0.2) is 9.18 Å². The van der Waals surface area contributed by atoms with Crippen LogP contribution in [-0.4, -0.2) is 51.4 Å². The first-order chi connectivity index (χ1) is 22.6. The summed E-state index contributed by atoms with van der Waals surface area (Å²) in [6, 6.07) is 11.3. The standard InChI is InChI=1S/C32H32F7N5O4/c1-19-28(42-13-12-41(21(14-42)18-45)15-22-10-11-27(48-22)32(37,38)39)29(46)44(17-26(40)20-6-3-2-4-7-20)30(47)43(19)16-23-24(31(34,35)36)8-5-9-25(23)33/h2-11,21,26,45H,12-18,40H2,1H3/t21?,26-/m0/s1. The van der Waals surface area contributed by atoms with Crippen molar-refractivity contribution in [3.63, 3.8) is 0 Å². The Morgan fingerprint density at radius 2 is 1.62 bits per heavy atom. The van der Waals surface area contributed by atoms with E-state index in [0.29, 0.717) is 11.6 Å². The Bertz CT molecular complexity index is 1870. The molecular weight excluding hydrogens is 651 g/mol. The van der Waals surface area contributed by atoms with E-state index in [1.54, 1.807) is 40.1 Å². The molecule has 16 heteroatoms. The molecule has 0 spiro atoms. The van der Waals surface area contributed by atoms with E-state index in [1.165, 1.54) is 13.0 Å². The largest absolute Gasteiger partial charge is 0.455 e. The molecule has 1 saturated heterocycles. The Kier molecular flexibility index (Phi) is 9.89. The van der Waals surface area contributed by atoms with Crippen molar-refractivity contribution in [3.8, 4) is 0 Å². The molecule has 9 nitrogen and oxygen atoms in total. The predicted octanol–water partition coefficient (Wildman–Crippen LogP) is 4.52. The summed E-state index contributed by atoms with van der Waals surface area (Å²) in [6.07, 6.45) is -9.62. The highest BCUT2D eigenvalue weighted by Gasteiger charge is 2.37. The van der Waals surface area contributed by atoms with Crippen molar-refractivity contribution in [1.82, 2.24) is 14.0 Å². The zero-order chi connectivity index (χ0) is 35.0. The lowest BCUT2D eigenvalue weighted by molar-refractivity contribution is -0.153. The van der Waals surface area contributed by atoms with Crippen LogP contribution in [-0.2, 0) is 32.0 Å². The Morgan fingerprint density at radius 1 is 0.917 bits per heavy atom. The molecule has 2 aromatic heterocycles. The maximum absolute atomic E-state index is 15.0. The van der Waals surface area contributed by atoms with Crippen LogP contribution in [0.3, 0.4) is 0 Å². The van der Waals surface area contributed by atoms with Crippen molar-refractivity contribution in [2.24, 2.45) is 5.73 Å². The lowest BCUT2D eigenvalue weighted by Crippen LogP contribution is -2.56. The fraction of sp³-hybridized carbons (Fsp3) is 0.375. The van der Waals surface area contributed by atoms with Crippen LogP contribution in [0.25, 0.3) is 0 Å². The minimum Gasteiger partial charge on any atom is -0.455 e. The molecule has 2 atom stereocenters.